The maximum atomic E-state index is 11.9. The molecular weight excluding hydrogens is 302 g/mol. The Labute approximate surface area is 114 Å². The Morgan fingerprint density at radius 1 is 1.50 bits per heavy atom. The number of carbonyl (C=O) groups excluding carboxylic acids is 1. The lowest BCUT2D eigenvalue weighted by Crippen LogP contribution is -2.41. The maximum Gasteiger partial charge on any atom is 0.257 e. The highest BCUT2D eigenvalue weighted by molar-refractivity contribution is 9.10. The summed E-state index contributed by atoms with van der Waals surface area (Å²) in [5, 5.41) is 12.6. The first-order chi connectivity index (χ1) is 8.45. The van der Waals surface area contributed by atoms with E-state index in [0.717, 1.165) is 0 Å². The van der Waals surface area contributed by atoms with Crippen LogP contribution in [-0.2, 0) is 4.79 Å². The highest BCUT2D eigenvalue weighted by Gasteiger charge is 2.32. The maximum absolute atomic E-state index is 11.9. The molecule has 2 N–H and O–H groups in total. The Kier molecular flexibility index (Phi) is 5.03. The van der Waals surface area contributed by atoms with Crippen LogP contribution in [0, 0.1) is 0 Å². The van der Waals surface area contributed by atoms with E-state index in [1.807, 2.05) is 0 Å². The van der Waals surface area contributed by atoms with Gasteiger partial charge < -0.3 is 15.2 Å². The van der Waals surface area contributed by atoms with E-state index < -0.39 is 11.5 Å². The monoisotopic (exact) mass is 317 g/mol. The van der Waals surface area contributed by atoms with E-state index in [1.54, 1.807) is 13.8 Å². The van der Waals surface area contributed by atoms with Crippen molar-refractivity contribution in [1.29, 1.82) is 0 Å². The average Bonchev–Trinajstić information content (AvgIpc) is 2.36. The zero-order chi connectivity index (χ0) is 13.8. The zero-order valence-electron chi connectivity index (χ0n) is 10.5. The van der Waals surface area contributed by atoms with Gasteiger partial charge in [0.25, 0.3) is 5.91 Å². The number of carbonyl (C=O) groups is 1. The lowest BCUT2D eigenvalue weighted by molar-refractivity contribution is -0.134. The summed E-state index contributed by atoms with van der Waals surface area (Å²) in [5.41, 5.74) is -1.38. The quantitative estimate of drug-likeness (QED) is 0.808. The largest absolute Gasteiger partial charge is 0.481 e. The standard InChI is InChI=1S/C11H16BrN3O3/c1-4-11(17,5-2)9(16)13-7-6-8(18-3)15-10(12)14-7/h6,17H,4-5H2,1-3H3,(H,13,14,15,16). The van der Waals surface area contributed by atoms with Crippen LogP contribution in [0.25, 0.3) is 0 Å². The molecule has 1 aromatic heterocycles. The average molecular weight is 318 g/mol. The summed E-state index contributed by atoms with van der Waals surface area (Å²) in [4.78, 5) is 19.8. The van der Waals surface area contributed by atoms with E-state index in [-0.39, 0.29) is 5.82 Å². The fraction of sp³-hybridized carbons (Fsp3) is 0.545. The number of aromatic nitrogens is 2. The minimum atomic E-state index is -1.38. The van der Waals surface area contributed by atoms with Gasteiger partial charge in [0.2, 0.25) is 10.6 Å². The SMILES string of the molecule is CCC(O)(CC)C(=O)Nc1cc(OC)nc(Br)n1. The molecular formula is C11H16BrN3O3. The van der Waals surface area contributed by atoms with Crippen molar-refractivity contribution in [3.05, 3.63) is 10.8 Å². The number of halogens is 1. The van der Waals surface area contributed by atoms with E-state index in [2.05, 4.69) is 31.2 Å². The number of anilines is 1. The van der Waals surface area contributed by atoms with Crippen molar-refractivity contribution in [2.24, 2.45) is 0 Å². The molecule has 100 valence electrons. The Morgan fingerprint density at radius 3 is 2.61 bits per heavy atom. The molecule has 0 bridgehead atoms. The predicted molar refractivity (Wildman–Crippen MR) is 70.4 cm³/mol. The number of rotatable bonds is 5. The molecule has 0 fully saturated rings. The summed E-state index contributed by atoms with van der Waals surface area (Å²) in [6.07, 6.45) is 0.664. The second-order valence-electron chi connectivity index (χ2n) is 3.76. The van der Waals surface area contributed by atoms with Crippen molar-refractivity contribution in [2.75, 3.05) is 12.4 Å². The molecule has 0 aliphatic rings. The highest BCUT2D eigenvalue weighted by Crippen LogP contribution is 2.20. The van der Waals surface area contributed by atoms with Crippen LogP contribution in [0.15, 0.2) is 10.8 Å². The van der Waals surface area contributed by atoms with Gasteiger partial charge in [-0.3, -0.25) is 4.79 Å². The molecule has 0 unspecified atom stereocenters. The molecule has 1 rings (SSSR count). The third-order valence-electron chi connectivity index (χ3n) is 2.72. The van der Waals surface area contributed by atoms with Gasteiger partial charge in [0.05, 0.1) is 7.11 Å². The molecule has 0 aromatic carbocycles. The van der Waals surface area contributed by atoms with Crippen LogP contribution in [0.5, 0.6) is 5.88 Å². The van der Waals surface area contributed by atoms with Gasteiger partial charge >= 0.3 is 0 Å². The van der Waals surface area contributed by atoms with Crippen LogP contribution in [0.3, 0.4) is 0 Å². The molecule has 0 atom stereocenters. The Hall–Kier alpha value is -1.21. The minimum Gasteiger partial charge on any atom is -0.481 e. The number of hydrogen-bond acceptors (Lipinski definition) is 5. The van der Waals surface area contributed by atoms with E-state index in [9.17, 15) is 9.90 Å². The summed E-state index contributed by atoms with van der Waals surface area (Å²) >= 11 is 3.11. The molecule has 7 heteroatoms. The summed E-state index contributed by atoms with van der Waals surface area (Å²) in [6.45, 7) is 3.50. The molecule has 0 saturated carbocycles. The zero-order valence-corrected chi connectivity index (χ0v) is 12.1. The molecule has 1 heterocycles. The third-order valence-corrected chi connectivity index (χ3v) is 3.07. The normalized spacial score (nSPS) is 11.2. The summed E-state index contributed by atoms with van der Waals surface area (Å²) < 4.78 is 5.26. The fourth-order valence-electron chi connectivity index (χ4n) is 1.37. The second kappa shape index (κ2) is 6.10. The smallest absolute Gasteiger partial charge is 0.257 e. The molecule has 18 heavy (non-hydrogen) atoms. The number of nitrogens with zero attached hydrogens (tertiary/aromatic N) is 2. The number of hydrogen-bond donors (Lipinski definition) is 2. The Balaban J connectivity index is 2.91. The number of nitrogens with one attached hydrogen (secondary N) is 1. The summed E-state index contributed by atoms with van der Waals surface area (Å²) in [6, 6.07) is 1.48. The van der Waals surface area contributed by atoms with Crippen LogP contribution in [0.1, 0.15) is 26.7 Å². The van der Waals surface area contributed by atoms with Crippen LogP contribution >= 0.6 is 15.9 Å². The lowest BCUT2D eigenvalue weighted by atomic mass is 9.96. The van der Waals surface area contributed by atoms with Crippen LogP contribution in [0.4, 0.5) is 5.82 Å². The Bertz CT molecular complexity index is 436. The first-order valence-corrected chi connectivity index (χ1v) is 6.37. The third kappa shape index (κ3) is 3.39. The van der Waals surface area contributed by atoms with Gasteiger partial charge in [-0.15, -0.1) is 0 Å². The molecule has 0 aliphatic carbocycles. The second-order valence-corrected chi connectivity index (χ2v) is 4.47. The molecule has 0 aliphatic heterocycles. The van der Waals surface area contributed by atoms with Crippen molar-refractivity contribution in [3.8, 4) is 5.88 Å². The van der Waals surface area contributed by atoms with Gasteiger partial charge in [0.15, 0.2) is 0 Å². The molecule has 6 nitrogen and oxygen atoms in total. The number of ether oxygens (including phenoxy) is 1. The molecule has 0 radical (unpaired) electrons. The molecule has 1 aromatic rings. The van der Waals surface area contributed by atoms with Crippen LogP contribution in [-0.4, -0.2) is 33.7 Å². The van der Waals surface area contributed by atoms with Crippen molar-refractivity contribution >= 4 is 27.7 Å². The van der Waals surface area contributed by atoms with E-state index in [0.29, 0.717) is 23.5 Å². The number of methoxy groups -OCH3 is 1. The van der Waals surface area contributed by atoms with Gasteiger partial charge in [-0.25, -0.2) is 4.98 Å². The van der Waals surface area contributed by atoms with E-state index in [4.69, 9.17) is 4.74 Å². The minimum absolute atomic E-state index is 0.277. The fourth-order valence-corrected chi connectivity index (χ4v) is 1.74. The van der Waals surface area contributed by atoms with Gasteiger partial charge in [0.1, 0.15) is 11.4 Å². The van der Waals surface area contributed by atoms with Crippen molar-refractivity contribution < 1.29 is 14.6 Å². The number of aliphatic hydroxyl groups is 1. The molecule has 0 saturated heterocycles. The van der Waals surface area contributed by atoms with Gasteiger partial charge in [0, 0.05) is 6.07 Å². The summed E-state index contributed by atoms with van der Waals surface area (Å²) in [5.74, 6) is 0.114. The Morgan fingerprint density at radius 2 is 2.11 bits per heavy atom. The van der Waals surface area contributed by atoms with Crippen molar-refractivity contribution in [3.63, 3.8) is 0 Å². The lowest BCUT2D eigenvalue weighted by Gasteiger charge is -2.23. The van der Waals surface area contributed by atoms with Gasteiger partial charge in [-0.2, -0.15) is 4.98 Å². The molecule has 0 spiro atoms. The van der Waals surface area contributed by atoms with Gasteiger partial charge in [-0.05, 0) is 28.8 Å². The van der Waals surface area contributed by atoms with E-state index >= 15 is 0 Å². The van der Waals surface area contributed by atoms with Gasteiger partial charge in [-0.1, -0.05) is 13.8 Å². The topological polar surface area (TPSA) is 84.3 Å². The van der Waals surface area contributed by atoms with Crippen molar-refractivity contribution in [2.45, 2.75) is 32.3 Å². The van der Waals surface area contributed by atoms with E-state index in [1.165, 1.54) is 13.2 Å². The van der Waals surface area contributed by atoms with Crippen molar-refractivity contribution in [1.82, 2.24) is 9.97 Å². The predicted octanol–water partition coefficient (Wildman–Crippen LogP) is 1.74. The highest BCUT2D eigenvalue weighted by atomic mass is 79.9. The van der Waals surface area contributed by atoms with Crippen LogP contribution in [0.2, 0.25) is 0 Å². The van der Waals surface area contributed by atoms with Crippen LogP contribution < -0.4 is 10.1 Å². The molecule has 1 amide bonds. The number of amides is 1. The summed E-state index contributed by atoms with van der Waals surface area (Å²) in [7, 11) is 1.47. The first-order valence-electron chi connectivity index (χ1n) is 5.57. The first kappa shape index (κ1) is 14.8.